The summed E-state index contributed by atoms with van der Waals surface area (Å²) in [6.45, 7) is 16.2. The molecule has 1 aromatic heterocycles. The second kappa shape index (κ2) is 13.7. The Labute approximate surface area is 255 Å². The summed E-state index contributed by atoms with van der Waals surface area (Å²) in [6, 6.07) is 2.10. The smallest absolute Gasteiger partial charge is 0.253 e. The number of ether oxygens (including phenoxy) is 1. The fourth-order valence-electron chi connectivity index (χ4n) is 6.47. The van der Waals surface area contributed by atoms with E-state index in [1.165, 1.54) is 49.5 Å². The van der Waals surface area contributed by atoms with E-state index in [2.05, 4.69) is 62.4 Å². The molecule has 1 N–H and O–H groups in total. The highest BCUT2D eigenvalue weighted by Crippen LogP contribution is 2.55. The highest BCUT2D eigenvalue weighted by molar-refractivity contribution is 7.90. The number of carbonyl (C=O) groups is 1. The Morgan fingerprint density at radius 3 is 2.45 bits per heavy atom. The Bertz CT molecular complexity index is 1300. The summed E-state index contributed by atoms with van der Waals surface area (Å²) < 4.78 is 31.5. The zero-order valence-electron chi connectivity index (χ0n) is 26.8. The summed E-state index contributed by atoms with van der Waals surface area (Å²) in [5.41, 5.74) is 6.47. The number of hydrogen-bond donors (Lipinski definition) is 1. The van der Waals surface area contributed by atoms with Crippen LogP contribution in [0.15, 0.2) is 35.9 Å². The number of nitrogens with zero attached hydrogens (tertiary/aromatic N) is 1. The summed E-state index contributed by atoms with van der Waals surface area (Å²) in [4.78, 5) is 13.5. The van der Waals surface area contributed by atoms with Crippen LogP contribution in [0.2, 0.25) is 0 Å². The molecule has 2 saturated carbocycles. The lowest BCUT2D eigenvalue weighted by Gasteiger charge is -2.27. The molecular formula is C35H54N2O4S. The zero-order chi connectivity index (χ0) is 30.5. The van der Waals surface area contributed by atoms with Gasteiger partial charge in [0.25, 0.3) is 5.91 Å². The van der Waals surface area contributed by atoms with E-state index in [-0.39, 0.29) is 22.5 Å². The third-order valence-corrected chi connectivity index (χ3v) is 10.7. The second-order valence-corrected chi connectivity index (χ2v) is 16.5. The number of nitrogens with one attached hydrogen (secondary N) is 1. The van der Waals surface area contributed by atoms with Crippen LogP contribution in [0.5, 0.6) is 0 Å². The summed E-state index contributed by atoms with van der Waals surface area (Å²) in [6.07, 6.45) is 17.7. The Morgan fingerprint density at radius 1 is 1.10 bits per heavy atom. The molecule has 1 amide bonds. The van der Waals surface area contributed by atoms with Crippen LogP contribution in [-0.4, -0.2) is 50.7 Å². The molecule has 3 aliphatic rings. The minimum absolute atomic E-state index is 0.0515. The minimum atomic E-state index is -2.95. The highest BCUT2D eigenvalue weighted by atomic mass is 32.2. The Balaban J connectivity index is 1.67. The number of carbonyl (C=O) groups excluding carboxylic acids is 1. The van der Waals surface area contributed by atoms with Crippen LogP contribution < -0.4 is 5.32 Å². The van der Waals surface area contributed by atoms with Crippen molar-refractivity contribution in [1.82, 2.24) is 9.88 Å². The van der Waals surface area contributed by atoms with E-state index in [9.17, 15) is 13.2 Å². The van der Waals surface area contributed by atoms with Crippen LogP contribution in [0.1, 0.15) is 113 Å². The summed E-state index contributed by atoms with van der Waals surface area (Å²) in [5.74, 6) is 0.756. The molecule has 2 aliphatic carbocycles. The minimum Gasteiger partial charge on any atom is -0.377 e. The van der Waals surface area contributed by atoms with Crippen LogP contribution >= 0.6 is 0 Å². The van der Waals surface area contributed by atoms with E-state index in [4.69, 9.17) is 4.74 Å². The van der Waals surface area contributed by atoms with Gasteiger partial charge in [0.2, 0.25) is 0 Å². The molecule has 0 bridgehead atoms. The van der Waals surface area contributed by atoms with Gasteiger partial charge in [0.05, 0.1) is 12.2 Å². The largest absolute Gasteiger partial charge is 0.377 e. The Kier molecular flexibility index (Phi) is 10.7. The van der Waals surface area contributed by atoms with Gasteiger partial charge in [-0.2, -0.15) is 0 Å². The molecule has 0 unspecified atom stereocenters. The second-order valence-electron chi connectivity index (χ2n) is 14.2. The predicted molar refractivity (Wildman–Crippen MR) is 173 cm³/mol. The van der Waals surface area contributed by atoms with Gasteiger partial charge in [0, 0.05) is 43.1 Å². The van der Waals surface area contributed by atoms with Crippen LogP contribution in [0.3, 0.4) is 0 Å². The van der Waals surface area contributed by atoms with Crippen LogP contribution in [0, 0.1) is 23.7 Å². The zero-order valence-corrected chi connectivity index (χ0v) is 27.6. The lowest BCUT2D eigenvalue weighted by atomic mass is 9.84. The number of aromatic nitrogens is 1. The van der Waals surface area contributed by atoms with E-state index in [1.54, 1.807) is 0 Å². The standard InChI is InChI=1S/C35H54N2O4S/c1-26-21-29(22-30(34(3,4)5)25-41-19-17-35(26)15-16-35)32-23-31(27(2)37(32)24-28-13-9-7-10-14-28)33(38)36-18-11-8-12-20-42(6,39)40/h21-23,28H,1,7-20,24-25H2,2-6H3,(H,36,38)/b29-21+,30-22+. The third-order valence-electron chi connectivity index (χ3n) is 9.69. The van der Waals surface area contributed by atoms with Crippen molar-refractivity contribution >= 4 is 21.3 Å². The van der Waals surface area contributed by atoms with Gasteiger partial charge in [-0.1, -0.05) is 59.1 Å². The number of amides is 1. The van der Waals surface area contributed by atoms with Crippen molar-refractivity contribution in [3.63, 3.8) is 0 Å². The van der Waals surface area contributed by atoms with Gasteiger partial charge in [0.15, 0.2) is 0 Å². The monoisotopic (exact) mass is 598 g/mol. The normalized spacial score (nSPS) is 22.7. The lowest BCUT2D eigenvalue weighted by molar-refractivity contribution is 0.0952. The van der Waals surface area contributed by atoms with Gasteiger partial charge in [-0.3, -0.25) is 4.79 Å². The molecule has 7 heteroatoms. The number of rotatable bonds is 10. The molecular weight excluding hydrogens is 544 g/mol. The summed E-state index contributed by atoms with van der Waals surface area (Å²) in [7, 11) is -2.95. The van der Waals surface area contributed by atoms with E-state index < -0.39 is 9.84 Å². The summed E-state index contributed by atoms with van der Waals surface area (Å²) in [5, 5.41) is 3.12. The molecule has 42 heavy (non-hydrogen) atoms. The van der Waals surface area contributed by atoms with E-state index >= 15 is 0 Å². The van der Waals surface area contributed by atoms with E-state index in [1.807, 2.05) is 0 Å². The van der Waals surface area contributed by atoms with Gasteiger partial charge in [0.1, 0.15) is 9.84 Å². The van der Waals surface area contributed by atoms with Crippen LogP contribution in [-0.2, 0) is 21.1 Å². The van der Waals surface area contributed by atoms with Gasteiger partial charge in [-0.25, -0.2) is 8.42 Å². The molecule has 4 rings (SSSR count). The molecule has 1 spiro atoms. The van der Waals surface area contributed by atoms with Crippen LogP contribution in [0.4, 0.5) is 0 Å². The molecule has 2 fully saturated rings. The van der Waals surface area contributed by atoms with Crippen molar-refractivity contribution in [2.75, 3.05) is 31.8 Å². The first-order chi connectivity index (χ1) is 19.8. The van der Waals surface area contributed by atoms with Gasteiger partial charge in [-0.15, -0.1) is 0 Å². The first-order valence-corrected chi connectivity index (χ1v) is 18.2. The quantitative estimate of drug-likeness (QED) is 0.284. The number of unbranched alkanes of at least 4 members (excludes halogenated alkanes) is 2. The molecule has 1 aromatic rings. The number of hydrogen-bond acceptors (Lipinski definition) is 4. The first kappa shape index (κ1) is 32.8. The van der Waals surface area contributed by atoms with Crippen molar-refractivity contribution in [2.24, 2.45) is 16.7 Å². The molecule has 6 nitrogen and oxygen atoms in total. The fraction of sp³-hybridized carbons (Fsp3) is 0.686. The Morgan fingerprint density at radius 2 is 1.81 bits per heavy atom. The van der Waals surface area contributed by atoms with Crippen molar-refractivity contribution < 1.29 is 17.9 Å². The topological polar surface area (TPSA) is 77.4 Å². The molecule has 0 saturated heterocycles. The maximum absolute atomic E-state index is 13.5. The average Bonchev–Trinajstić information content (AvgIpc) is 3.64. The van der Waals surface area contributed by atoms with Gasteiger partial charge < -0.3 is 14.6 Å². The molecule has 0 aromatic carbocycles. The molecule has 1 aliphatic heterocycles. The van der Waals surface area contributed by atoms with Crippen molar-refractivity contribution in [3.8, 4) is 0 Å². The van der Waals surface area contributed by atoms with E-state index in [0.717, 1.165) is 67.8 Å². The molecule has 0 radical (unpaired) electrons. The van der Waals surface area contributed by atoms with Gasteiger partial charge >= 0.3 is 0 Å². The SMILES string of the molecule is C=C1/C=C(c2cc(C(=O)NCCCCCS(C)(=O)=O)c(C)n2CC2CCCCC2)\C=C(\C(C)(C)C)COCCC12CC2. The first-order valence-electron chi connectivity index (χ1n) is 16.2. The highest BCUT2D eigenvalue weighted by Gasteiger charge is 2.44. The maximum atomic E-state index is 13.5. The predicted octanol–water partition coefficient (Wildman–Crippen LogP) is 7.43. The average molecular weight is 599 g/mol. The Hall–Kier alpha value is -2.12. The maximum Gasteiger partial charge on any atom is 0.253 e. The number of allylic oxidation sites excluding steroid dienone is 4. The van der Waals surface area contributed by atoms with Crippen molar-refractivity contribution in [3.05, 3.63) is 52.9 Å². The summed E-state index contributed by atoms with van der Waals surface area (Å²) >= 11 is 0. The third kappa shape index (κ3) is 8.72. The van der Waals surface area contributed by atoms with Crippen molar-refractivity contribution in [2.45, 2.75) is 105 Å². The molecule has 234 valence electrons. The van der Waals surface area contributed by atoms with Gasteiger partial charge in [-0.05, 0) is 97.5 Å². The van der Waals surface area contributed by atoms with Crippen molar-refractivity contribution in [1.29, 1.82) is 0 Å². The lowest BCUT2D eigenvalue weighted by Crippen LogP contribution is -2.25. The van der Waals surface area contributed by atoms with E-state index in [0.29, 0.717) is 25.5 Å². The number of sulfone groups is 1. The molecule has 2 heterocycles. The fourth-order valence-corrected chi connectivity index (χ4v) is 7.19. The molecule has 0 atom stereocenters. The van der Waals surface area contributed by atoms with Crippen LogP contribution in [0.25, 0.3) is 5.57 Å².